The van der Waals surface area contributed by atoms with Crippen molar-refractivity contribution in [2.24, 2.45) is 0 Å². The molecule has 7 nitrogen and oxygen atoms in total. The van der Waals surface area contributed by atoms with E-state index in [0.717, 1.165) is 6.07 Å². The largest absolute Gasteiger partial charge is 0.466 e. The third kappa shape index (κ3) is 3.57. The van der Waals surface area contributed by atoms with Gasteiger partial charge in [0.15, 0.2) is 0 Å². The molecular formula is C10H11F2N3O4. The van der Waals surface area contributed by atoms with Crippen LogP contribution in [0.5, 0.6) is 0 Å². The molecule has 0 bridgehead atoms. The number of pyridine rings is 1. The fraction of sp³-hybridized carbons (Fsp3) is 0.400. The van der Waals surface area contributed by atoms with Crippen LogP contribution in [-0.4, -0.2) is 22.5 Å². The second kappa shape index (κ2) is 6.03. The second-order valence-corrected chi connectivity index (χ2v) is 3.47. The first-order chi connectivity index (χ1) is 8.86. The van der Waals surface area contributed by atoms with E-state index >= 15 is 0 Å². The number of hydrogen-bond acceptors (Lipinski definition) is 6. The molecule has 0 unspecified atom stereocenters. The smallest absolute Gasteiger partial charge is 0.311 e. The first-order valence-corrected chi connectivity index (χ1v) is 5.24. The average molecular weight is 275 g/mol. The van der Waals surface area contributed by atoms with Gasteiger partial charge in [-0.15, -0.1) is 0 Å². The van der Waals surface area contributed by atoms with Crippen LogP contribution in [0.4, 0.5) is 20.3 Å². The van der Waals surface area contributed by atoms with E-state index in [2.05, 4.69) is 9.72 Å². The molecule has 2 N–H and O–H groups in total. The van der Waals surface area contributed by atoms with Gasteiger partial charge in [-0.1, -0.05) is 0 Å². The van der Waals surface area contributed by atoms with E-state index in [1.807, 2.05) is 0 Å². The molecule has 104 valence electrons. The molecule has 0 aliphatic heterocycles. The van der Waals surface area contributed by atoms with Crippen molar-refractivity contribution in [1.29, 1.82) is 0 Å². The highest BCUT2D eigenvalue weighted by molar-refractivity contribution is 5.72. The Hall–Kier alpha value is -2.32. The van der Waals surface area contributed by atoms with Crippen LogP contribution < -0.4 is 5.73 Å². The predicted octanol–water partition coefficient (Wildman–Crippen LogP) is 1.62. The number of nitro groups is 1. The number of carbonyl (C=O) groups excluding carboxylic acids is 1. The Bertz CT molecular complexity index is 508. The van der Waals surface area contributed by atoms with Gasteiger partial charge in [0, 0.05) is 6.07 Å². The minimum Gasteiger partial charge on any atom is -0.466 e. The average Bonchev–Trinajstić information content (AvgIpc) is 2.27. The summed E-state index contributed by atoms with van der Waals surface area (Å²) >= 11 is 0. The molecule has 1 aromatic rings. The molecule has 0 saturated heterocycles. The standard InChI is InChI=1S/C10H11F2N3O4/c1-2-19-7(16)4-5-3-6(15(17)18)8(9(11)12)10(13)14-5/h3,9H,2,4H2,1H3,(H2,13,14). The summed E-state index contributed by atoms with van der Waals surface area (Å²) in [5, 5.41) is 10.7. The Labute approximate surface area is 106 Å². The van der Waals surface area contributed by atoms with Gasteiger partial charge in [-0.2, -0.15) is 0 Å². The zero-order valence-corrected chi connectivity index (χ0v) is 9.93. The van der Waals surface area contributed by atoms with E-state index in [1.54, 1.807) is 6.92 Å². The lowest BCUT2D eigenvalue weighted by Crippen LogP contribution is -2.12. The van der Waals surface area contributed by atoms with Crippen LogP contribution in [0.25, 0.3) is 0 Å². The van der Waals surface area contributed by atoms with Crippen LogP contribution in [0.15, 0.2) is 6.07 Å². The molecule has 0 atom stereocenters. The molecule has 1 heterocycles. The molecule has 0 spiro atoms. The molecule has 1 rings (SSSR count). The Balaban J connectivity index is 3.17. The van der Waals surface area contributed by atoms with Crippen molar-refractivity contribution < 1.29 is 23.2 Å². The number of anilines is 1. The van der Waals surface area contributed by atoms with Crippen molar-refractivity contribution in [2.45, 2.75) is 19.8 Å². The molecular weight excluding hydrogens is 264 g/mol. The van der Waals surface area contributed by atoms with Gasteiger partial charge >= 0.3 is 5.97 Å². The summed E-state index contributed by atoms with van der Waals surface area (Å²) < 4.78 is 29.9. The van der Waals surface area contributed by atoms with E-state index < -0.39 is 34.4 Å². The monoisotopic (exact) mass is 275 g/mol. The molecule has 0 amide bonds. The van der Waals surface area contributed by atoms with Crippen molar-refractivity contribution in [2.75, 3.05) is 12.3 Å². The van der Waals surface area contributed by atoms with Crippen LogP contribution in [0.3, 0.4) is 0 Å². The first-order valence-electron chi connectivity index (χ1n) is 5.24. The van der Waals surface area contributed by atoms with Crippen LogP contribution in [0, 0.1) is 10.1 Å². The van der Waals surface area contributed by atoms with Crippen LogP contribution in [0.2, 0.25) is 0 Å². The van der Waals surface area contributed by atoms with Crippen molar-refractivity contribution >= 4 is 17.5 Å². The number of carbonyl (C=O) groups is 1. The third-order valence-corrected chi connectivity index (χ3v) is 2.16. The minimum absolute atomic E-state index is 0.0907. The number of aromatic nitrogens is 1. The van der Waals surface area contributed by atoms with Crippen molar-refractivity contribution in [3.8, 4) is 0 Å². The highest BCUT2D eigenvalue weighted by atomic mass is 19.3. The molecule has 0 aliphatic carbocycles. The molecule has 1 aromatic heterocycles. The Morgan fingerprint density at radius 2 is 2.26 bits per heavy atom. The lowest BCUT2D eigenvalue weighted by Gasteiger charge is -2.07. The Morgan fingerprint density at radius 3 is 2.74 bits per heavy atom. The second-order valence-electron chi connectivity index (χ2n) is 3.47. The molecule has 19 heavy (non-hydrogen) atoms. The SMILES string of the molecule is CCOC(=O)Cc1cc([N+](=O)[O-])c(C(F)F)c(N)n1. The summed E-state index contributed by atoms with van der Waals surface area (Å²) in [6, 6.07) is 0.800. The van der Waals surface area contributed by atoms with Crippen LogP contribution in [-0.2, 0) is 16.0 Å². The summed E-state index contributed by atoms with van der Waals surface area (Å²) in [6.07, 6.45) is -3.49. The molecule has 0 aromatic carbocycles. The number of rotatable bonds is 5. The molecule has 9 heteroatoms. The van der Waals surface area contributed by atoms with Gasteiger partial charge in [0.1, 0.15) is 11.4 Å². The fourth-order valence-electron chi connectivity index (χ4n) is 1.44. The maximum Gasteiger partial charge on any atom is 0.311 e. The number of halogens is 2. The highest BCUT2D eigenvalue weighted by Crippen LogP contribution is 2.33. The van der Waals surface area contributed by atoms with E-state index in [9.17, 15) is 23.7 Å². The fourth-order valence-corrected chi connectivity index (χ4v) is 1.44. The topological polar surface area (TPSA) is 108 Å². The zero-order valence-electron chi connectivity index (χ0n) is 9.93. The lowest BCUT2D eigenvalue weighted by molar-refractivity contribution is -0.386. The summed E-state index contributed by atoms with van der Waals surface area (Å²) in [6.45, 7) is 1.72. The van der Waals surface area contributed by atoms with Gasteiger partial charge in [-0.05, 0) is 6.92 Å². The van der Waals surface area contributed by atoms with Crippen LogP contribution >= 0.6 is 0 Å². The van der Waals surface area contributed by atoms with E-state index in [-0.39, 0.29) is 18.7 Å². The summed E-state index contributed by atoms with van der Waals surface area (Å²) in [5.41, 5.74) is 3.37. The summed E-state index contributed by atoms with van der Waals surface area (Å²) in [5.74, 6) is -1.34. The molecule has 0 fully saturated rings. The maximum absolute atomic E-state index is 12.6. The van der Waals surface area contributed by atoms with Crippen molar-refractivity contribution in [3.63, 3.8) is 0 Å². The van der Waals surface area contributed by atoms with Gasteiger partial charge < -0.3 is 10.5 Å². The number of alkyl halides is 2. The number of esters is 1. The Morgan fingerprint density at radius 1 is 1.63 bits per heavy atom. The third-order valence-electron chi connectivity index (χ3n) is 2.16. The Kier molecular flexibility index (Phi) is 4.67. The predicted molar refractivity (Wildman–Crippen MR) is 60.6 cm³/mol. The van der Waals surface area contributed by atoms with Gasteiger partial charge in [0.05, 0.1) is 23.6 Å². The van der Waals surface area contributed by atoms with Crippen molar-refractivity contribution in [1.82, 2.24) is 4.98 Å². The minimum atomic E-state index is -3.12. The number of hydrogen-bond donors (Lipinski definition) is 1. The molecule has 0 saturated carbocycles. The van der Waals surface area contributed by atoms with Gasteiger partial charge in [0.25, 0.3) is 12.1 Å². The maximum atomic E-state index is 12.6. The van der Waals surface area contributed by atoms with Gasteiger partial charge in [-0.3, -0.25) is 14.9 Å². The first kappa shape index (κ1) is 14.7. The van der Waals surface area contributed by atoms with E-state index in [0.29, 0.717) is 0 Å². The van der Waals surface area contributed by atoms with Crippen LogP contribution in [0.1, 0.15) is 24.6 Å². The number of nitrogens with two attached hydrogens (primary N) is 1. The normalized spacial score (nSPS) is 10.5. The number of ether oxygens (including phenoxy) is 1. The number of nitrogen functional groups attached to an aromatic ring is 1. The lowest BCUT2D eigenvalue weighted by atomic mass is 10.1. The van der Waals surface area contributed by atoms with E-state index in [4.69, 9.17) is 5.73 Å². The van der Waals surface area contributed by atoms with Gasteiger partial charge in [-0.25, -0.2) is 13.8 Å². The quantitative estimate of drug-likeness (QED) is 0.497. The van der Waals surface area contributed by atoms with E-state index in [1.165, 1.54) is 0 Å². The van der Waals surface area contributed by atoms with Gasteiger partial charge in [0.2, 0.25) is 0 Å². The molecule has 0 radical (unpaired) electrons. The highest BCUT2D eigenvalue weighted by Gasteiger charge is 2.27. The summed E-state index contributed by atoms with van der Waals surface area (Å²) in [7, 11) is 0. The number of nitrogens with zero attached hydrogens (tertiary/aromatic N) is 2. The van der Waals surface area contributed by atoms with Crippen molar-refractivity contribution in [3.05, 3.63) is 27.4 Å². The zero-order chi connectivity index (χ0) is 14.6. The molecule has 0 aliphatic rings. The summed E-state index contributed by atoms with van der Waals surface area (Å²) in [4.78, 5) is 24.5.